The van der Waals surface area contributed by atoms with Crippen LogP contribution in [0, 0.1) is 11.8 Å². The molecule has 1 aliphatic carbocycles. The van der Waals surface area contributed by atoms with Crippen LogP contribution in [0.2, 0.25) is 0 Å². The molecule has 2 rings (SSSR count). The summed E-state index contributed by atoms with van der Waals surface area (Å²) >= 11 is 6.46. The molecule has 0 spiro atoms. The molecule has 0 N–H and O–H groups in total. The average Bonchev–Trinajstić information content (AvgIpc) is 2.62. The van der Waals surface area contributed by atoms with Gasteiger partial charge in [0.15, 0.2) is 0 Å². The minimum atomic E-state index is -1.36. The molecule has 1 fully saturated rings. The van der Waals surface area contributed by atoms with Gasteiger partial charge in [0, 0.05) is 10.3 Å². The first-order valence-corrected chi connectivity index (χ1v) is 10.1. The normalized spacial score (nSPS) is 27.3. The summed E-state index contributed by atoms with van der Waals surface area (Å²) in [6.45, 7) is 3.88. The van der Waals surface area contributed by atoms with Crippen LogP contribution >= 0.6 is 11.6 Å². The quantitative estimate of drug-likeness (QED) is 0.555. The topological polar surface area (TPSA) is 69.7 Å². The Labute approximate surface area is 155 Å². The molecule has 1 saturated carbocycles. The Bertz CT molecular complexity index is 621. The van der Waals surface area contributed by atoms with Gasteiger partial charge in [-0.1, -0.05) is 18.2 Å². The minimum absolute atomic E-state index is 0.224. The highest BCUT2D eigenvalue weighted by atomic mass is 35.5. The maximum Gasteiger partial charge on any atom is 0.309 e. The summed E-state index contributed by atoms with van der Waals surface area (Å²) in [7, 11) is -1.36. The van der Waals surface area contributed by atoms with Crippen molar-refractivity contribution in [1.29, 1.82) is 0 Å². The SMILES string of the molecule is CCOC(=O)[C@H]1C[C@@H]([S@@](=O)c2ccccc2)[C@@H](Cl)C[C@H]1C(=O)OCC. The summed E-state index contributed by atoms with van der Waals surface area (Å²) in [5.41, 5.74) is 0. The van der Waals surface area contributed by atoms with Gasteiger partial charge < -0.3 is 9.47 Å². The number of hydrogen-bond donors (Lipinski definition) is 0. The van der Waals surface area contributed by atoms with Crippen molar-refractivity contribution in [2.24, 2.45) is 11.8 Å². The summed E-state index contributed by atoms with van der Waals surface area (Å²) in [5, 5.41) is -0.912. The number of alkyl halides is 1. The summed E-state index contributed by atoms with van der Waals surface area (Å²) in [4.78, 5) is 25.3. The Morgan fingerprint density at radius 3 is 2.08 bits per heavy atom. The van der Waals surface area contributed by atoms with Crippen molar-refractivity contribution in [3.8, 4) is 0 Å². The van der Waals surface area contributed by atoms with Gasteiger partial charge in [0.05, 0.1) is 41.1 Å². The second-order valence-electron chi connectivity index (χ2n) is 5.85. The number of carbonyl (C=O) groups excluding carboxylic acids is 2. The molecule has 1 aromatic carbocycles. The number of ether oxygens (including phenoxy) is 2. The zero-order valence-corrected chi connectivity index (χ0v) is 15.9. The molecule has 0 amide bonds. The number of hydrogen-bond acceptors (Lipinski definition) is 5. The van der Waals surface area contributed by atoms with Crippen LogP contribution in [0.25, 0.3) is 0 Å². The predicted octanol–water partition coefficient (Wildman–Crippen LogP) is 2.92. The Hall–Kier alpha value is -1.40. The monoisotopic (exact) mass is 386 g/mol. The average molecular weight is 387 g/mol. The molecule has 1 aromatic rings. The molecular weight excluding hydrogens is 364 g/mol. The van der Waals surface area contributed by atoms with Crippen molar-refractivity contribution in [1.82, 2.24) is 0 Å². The molecule has 5 atom stereocenters. The molecule has 0 radical (unpaired) electrons. The van der Waals surface area contributed by atoms with Gasteiger partial charge >= 0.3 is 11.9 Å². The van der Waals surface area contributed by atoms with Crippen LogP contribution in [-0.2, 0) is 29.9 Å². The molecule has 0 heterocycles. The van der Waals surface area contributed by atoms with E-state index < -0.39 is 45.2 Å². The van der Waals surface area contributed by atoms with Gasteiger partial charge in [-0.05, 0) is 38.8 Å². The van der Waals surface area contributed by atoms with Gasteiger partial charge in [0.1, 0.15) is 0 Å². The molecule has 0 saturated heterocycles. The molecule has 0 aliphatic heterocycles. The van der Waals surface area contributed by atoms with E-state index in [9.17, 15) is 13.8 Å². The first-order valence-electron chi connectivity index (χ1n) is 8.42. The maximum absolute atomic E-state index is 12.9. The lowest BCUT2D eigenvalue weighted by molar-refractivity contribution is -0.162. The van der Waals surface area contributed by atoms with Crippen molar-refractivity contribution < 1.29 is 23.3 Å². The largest absolute Gasteiger partial charge is 0.466 e. The smallest absolute Gasteiger partial charge is 0.309 e. The fourth-order valence-corrected chi connectivity index (χ4v) is 5.20. The molecule has 0 unspecified atom stereocenters. The first kappa shape index (κ1) is 19.9. The van der Waals surface area contributed by atoms with Crippen molar-refractivity contribution in [2.45, 2.75) is 42.2 Å². The van der Waals surface area contributed by atoms with E-state index >= 15 is 0 Å². The lowest BCUT2D eigenvalue weighted by Crippen LogP contribution is -2.45. The van der Waals surface area contributed by atoms with Gasteiger partial charge in [-0.2, -0.15) is 0 Å². The van der Waals surface area contributed by atoms with Crippen molar-refractivity contribution in [3.05, 3.63) is 30.3 Å². The molecule has 25 heavy (non-hydrogen) atoms. The van der Waals surface area contributed by atoms with Gasteiger partial charge in [-0.15, -0.1) is 11.6 Å². The highest BCUT2D eigenvalue weighted by Gasteiger charge is 2.46. The van der Waals surface area contributed by atoms with Crippen molar-refractivity contribution in [2.75, 3.05) is 13.2 Å². The minimum Gasteiger partial charge on any atom is -0.466 e. The van der Waals surface area contributed by atoms with E-state index in [4.69, 9.17) is 21.1 Å². The Balaban J connectivity index is 2.24. The molecule has 5 nitrogen and oxygen atoms in total. The number of halogens is 1. The maximum atomic E-state index is 12.9. The van der Waals surface area contributed by atoms with E-state index in [1.165, 1.54) is 0 Å². The third-order valence-electron chi connectivity index (χ3n) is 4.28. The highest BCUT2D eigenvalue weighted by Crippen LogP contribution is 2.38. The number of benzene rings is 1. The van der Waals surface area contributed by atoms with Gasteiger partial charge in [0.2, 0.25) is 0 Å². The zero-order chi connectivity index (χ0) is 18.4. The van der Waals surface area contributed by atoms with Crippen LogP contribution < -0.4 is 0 Å². The zero-order valence-electron chi connectivity index (χ0n) is 14.4. The van der Waals surface area contributed by atoms with E-state index in [0.717, 1.165) is 0 Å². The van der Waals surface area contributed by atoms with Crippen LogP contribution in [-0.4, -0.2) is 40.0 Å². The second-order valence-corrected chi connectivity index (χ2v) is 8.09. The van der Waals surface area contributed by atoms with Gasteiger partial charge in [-0.3, -0.25) is 13.8 Å². The summed E-state index contributed by atoms with van der Waals surface area (Å²) in [6, 6.07) is 9.01. The van der Waals surface area contributed by atoms with E-state index in [1.807, 2.05) is 18.2 Å². The van der Waals surface area contributed by atoms with Crippen molar-refractivity contribution >= 4 is 34.3 Å². The number of esters is 2. The lowest BCUT2D eigenvalue weighted by atomic mass is 9.78. The van der Waals surface area contributed by atoms with E-state index in [-0.39, 0.29) is 26.1 Å². The van der Waals surface area contributed by atoms with E-state index in [1.54, 1.807) is 26.0 Å². The van der Waals surface area contributed by atoms with Crippen LogP contribution in [0.3, 0.4) is 0 Å². The number of carbonyl (C=O) groups is 2. The third kappa shape index (κ3) is 4.82. The third-order valence-corrected chi connectivity index (χ3v) is 6.72. The Morgan fingerprint density at radius 2 is 1.56 bits per heavy atom. The molecular formula is C18H23ClO5S. The van der Waals surface area contributed by atoms with Crippen LogP contribution in [0.1, 0.15) is 26.7 Å². The summed E-state index contributed by atoms with van der Waals surface area (Å²) < 4.78 is 23.1. The predicted molar refractivity (Wildman–Crippen MR) is 95.8 cm³/mol. The standard InChI is InChI=1S/C18H23ClO5S/c1-3-23-17(20)13-10-15(19)16(11-14(13)18(21)24-4-2)25(22)12-8-6-5-7-9-12/h5-9,13-16H,3-4,10-11H2,1-2H3/t13-,14+,15+,16-,25+/m1/s1. The van der Waals surface area contributed by atoms with Crippen LogP contribution in [0.4, 0.5) is 0 Å². The van der Waals surface area contributed by atoms with Gasteiger partial charge in [0.25, 0.3) is 0 Å². The Morgan fingerprint density at radius 1 is 1.04 bits per heavy atom. The number of rotatable bonds is 6. The Kier molecular flexibility index (Phi) is 7.44. The van der Waals surface area contributed by atoms with Crippen LogP contribution in [0.5, 0.6) is 0 Å². The second kappa shape index (κ2) is 9.34. The van der Waals surface area contributed by atoms with Crippen molar-refractivity contribution in [3.63, 3.8) is 0 Å². The molecule has 0 aromatic heterocycles. The molecule has 1 aliphatic rings. The van der Waals surface area contributed by atoms with Crippen LogP contribution in [0.15, 0.2) is 35.2 Å². The summed E-state index contributed by atoms with van der Waals surface area (Å²) in [5.74, 6) is -2.26. The fraction of sp³-hybridized carbons (Fsp3) is 0.556. The van der Waals surface area contributed by atoms with E-state index in [2.05, 4.69) is 0 Å². The first-order chi connectivity index (χ1) is 12.0. The molecule has 7 heteroatoms. The van der Waals surface area contributed by atoms with Gasteiger partial charge in [-0.25, -0.2) is 0 Å². The lowest BCUT2D eigenvalue weighted by Gasteiger charge is -2.36. The fourth-order valence-electron chi connectivity index (χ4n) is 3.09. The van der Waals surface area contributed by atoms with E-state index in [0.29, 0.717) is 4.90 Å². The molecule has 138 valence electrons. The summed E-state index contributed by atoms with van der Waals surface area (Å²) in [6.07, 6.45) is 0.477. The highest BCUT2D eigenvalue weighted by molar-refractivity contribution is 7.85. The molecule has 0 bridgehead atoms.